The van der Waals surface area contributed by atoms with E-state index < -0.39 is 5.24 Å². The van der Waals surface area contributed by atoms with Crippen LogP contribution in [0.1, 0.15) is 23.9 Å². The van der Waals surface area contributed by atoms with Gasteiger partial charge in [-0.2, -0.15) is 5.10 Å². The zero-order valence-electron chi connectivity index (χ0n) is 11.4. The Morgan fingerprint density at radius 1 is 1.35 bits per heavy atom. The zero-order chi connectivity index (χ0) is 14.7. The predicted molar refractivity (Wildman–Crippen MR) is 78.5 cm³/mol. The summed E-state index contributed by atoms with van der Waals surface area (Å²) in [4.78, 5) is 22.8. The third-order valence-corrected chi connectivity index (χ3v) is 3.22. The molecule has 20 heavy (non-hydrogen) atoms. The summed E-state index contributed by atoms with van der Waals surface area (Å²) in [5.74, 6) is 0. The molecule has 2 rings (SSSR count). The third kappa shape index (κ3) is 2.96. The van der Waals surface area contributed by atoms with Crippen molar-refractivity contribution >= 4 is 16.8 Å². The molecule has 1 heterocycles. The molecule has 104 valence electrons. The molecule has 0 unspecified atom stereocenters. The van der Waals surface area contributed by atoms with Crippen molar-refractivity contribution in [2.75, 3.05) is 0 Å². The van der Waals surface area contributed by atoms with Crippen molar-refractivity contribution in [2.24, 2.45) is 0 Å². The van der Waals surface area contributed by atoms with Gasteiger partial charge in [0, 0.05) is 11.8 Å². The maximum atomic E-state index is 11.8. The van der Waals surface area contributed by atoms with Gasteiger partial charge in [0.05, 0.1) is 12.1 Å². The van der Waals surface area contributed by atoms with Crippen LogP contribution >= 0.6 is 11.6 Å². The Hall–Kier alpha value is -1.94. The minimum Gasteiger partial charge on any atom is -0.288 e. The smallest absolute Gasteiger partial charge is 0.227 e. The average Bonchev–Trinajstić information content (AvgIpc) is 2.41. The summed E-state index contributed by atoms with van der Waals surface area (Å²) < 4.78 is 1.69. The van der Waals surface area contributed by atoms with Crippen LogP contribution in [0, 0.1) is 6.92 Å². The van der Waals surface area contributed by atoms with Crippen molar-refractivity contribution in [3.05, 3.63) is 57.5 Å². The second-order valence-corrected chi connectivity index (χ2v) is 4.94. The SMILES string of the molecule is CCc1ccccc1-n1nc(CC(=O)Cl)c(=O)cc1C. The van der Waals surface area contributed by atoms with Gasteiger partial charge < -0.3 is 0 Å². The Morgan fingerprint density at radius 2 is 2.05 bits per heavy atom. The van der Waals surface area contributed by atoms with Crippen molar-refractivity contribution in [1.29, 1.82) is 0 Å². The zero-order valence-corrected chi connectivity index (χ0v) is 12.1. The normalized spacial score (nSPS) is 10.6. The van der Waals surface area contributed by atoms with Crippen LogP contribution in [0.25, 0.3) is 5.69 Å². The summed E-state index contributed by atoms with van der Waals surface area (Å²) in [5, 5.41) is 3.70. The summed E-state index contributed by atoms with van der Waals surface area (Å²) >= 11 is 5.35. The van der Waals surface area contributed by atoms with Gasteiger partial charge in [0.15, 0.2) is 0 Å². The molecule has 1 aromatic carbocycles. The first kappa shape index (κ1) is 14.5. The average molecular weight is 291 g/mol. The highest BCUT2D eigenvalue weighted by atomic mass is 35.5. The highest BCUT2D eigenvalue weighted by molar-refractivity contribution is 6.63. The van der Waals surface area contributed by atoms with Crippen LogP contribution < -0.4 is 5.43 Å². The first-order valence-corrected chi connectivity index (χ1v) is 6.77. The van der Waals surface area contributed by atoms with Crippen molar-refractivity contribution in [3.8, 4) is 5.69 Å². The van der Waals surface area contributed by atoms with Gasteiger partial charge in [-0.25, -0.2) is 4.68 Å². The van der Waals surface area contributed by atoms with Crippen molar-refractivity contribution in [1.82, 2.24) is 9.78 Å². The minimum absolute atomic E-state index is 0.158. The summed E-state index contributed by atoms with van der Waals surface area (Å²) in [6.45, 7) is 3.87. The van der Waals surface area contributed by atoms with E-state index in [9.17, 15) is 9.59 Å². The molecule has 0 bridgehead atoms. The highest BCUT2D eigenvalue weighted by Crippen LogP contribution is 2.15. The first-order valence-electron chi connectivity index (χ1n) is 6.39. The molecule has 0 aliphatic heterocycles. The number of carbonyl (C=O) groups is 1. The molecule has 0 fully saturated rings. The topological polar surface area (TPSA) is 52.0 Å². The number of halogens is 1. The molecule has 4 nitrogen and oxygen atoms in total. The highest BCUT2D eigenvalue weighted by Gasteiger charge is 2.11. The van der Waals surface area contributed by atoms with Crippen LogP contribution in [0.5, 0.6) is 0 Å². The van der Waals surface area contributed by atoms with Crippen molar-refractivity contribution in [2.45, 2.75) is 26.7 Å². The molecule has 0 saturated heterocycles. The van der Waals surface area contributed by atoms with E-state index in [-0.39, 0.29) is 17.5 Å². The third-order valence-electron chi connectivity index (χ3n) is 3.09. The van der Waals surface area contributed by atoms with E-state index in [0.717, 1.165) is 23.4 Å². The van der Waals surface area contributed by atoms with Crippen LogP contribution in [0.2, 0.25) is 0 Å². The fraction of sp³-hybridized carbons (Fsp3) is 0.267. The van der Waals surface area contributed by atoms with Gasteiger partial charge in [-0.15, -0.1) is 0 Å². The summed E-state index contributed by atoms with van der Waals surface area (Å²) in [6, 6.07) is 9.31. The van der Waals surface area contributed by atoms with Gasteiger partial charge in [0.1, 0.15) is 5.69 Å². The standard InChI is InChI=1S/C15H15ClN2O2/c1-3-11-6-4-5-7-13(11)18-10(2)8-14(19)12(17-18)9-15(16)20/h4-8H,3,9H2,1-2H3. The molecular formula is C15H15ClN2O2. The fourth-order valence-electron chi connectivity index (χ4n) is 2.10. The number of nitrogens with zero attached hydrogens (tertiary/aromatic N) is 2. The lowest BCUT2D eigenvalue weighted by Crippen LogP contribution is -2.20. The Labute approximate surface area is 122 Å². The van der Waals surface area contributed by atoms with Gasteiger partial charge in [-0.05, 0) is 36.6 Å². The Kier molecular flexibility index (Phi) is 4.35. The number of aromatic nitrogens is 2. The lowest BCUT2D eigenvalue weighted by Gasteiger charge is -2.14. The molecule has 5 heteroatoms. The van der Waals surface area contributed by atoms with Gasteiger partial charge >= 0.3 is 0 Å². The summed E-state index contributed by atoms with van der Waals surface area (Å²) in [5.41, 5.74) is 2.66. The van der Waals surface area contributed by atoms with Gasteiger partial charge in [-0.1, -0.05) is 25.1 Å². The lowest BCUT2D eigenvalue weighted by atomic mass is 10.1. The van der Waals surface area contributed by atoms with Gasteiger partial charge in [0.25, 0.3) is 0 Å². The summed E-state index contributed by atoms with van der Waals surface area (Å²) in [7, 11) is 0. The molecule has 0 aliphatic rings. The van der Waals surface area contributed by atoms with Gasteiger partial charge in [-0.3, -0.25) is 9.59 Å². The molecule has 0 atom stereocenters. The number of carbonyl (C=O) groups excluding carboxylic acids is 1. The molecule has 0 amide bonds. The Morgan fingerprint density at radius 3 is 2.70 bits per heavy atom. The number of hydrogen-bond acceptors (Lipinski definition) is 3. The minimum atomic E-state index is -0.589. The molecule has 0 saturated carbocycles. The predicted octanol–water partition coefficient (Wildman–Crippen LogP) is 2.41. The molecule has 1 aromatic heterocycles. The van der Waals surface area contributed by atoms with E-state index >= 15 is 0 Å². The van der Waals surface area contributed by atoms with Crippen LogP contribution in [0.4, 0.5) is 0 Å². The van der Waals surface area contributed by atoms with Crippen LogP contribution in [-0.4, -0.2) is 15.0 Å². The van der Waals surface area contributed by atoms with E-state index in [1.165, 1.54) is 6.07 Å². The van der Waals surface area contributed by atoms with Crippen molar-refractivity contribution in [3.63, 3.8) is 0 Å². The molecule has 0 aliphatic carbocycles. The molecule has 2 aromatic rings. The lowest BCUT2D eigenvalue weighted by molar-refractivity contribution is -0.111. The molecule has 0 N–H and O–H groups in total. The Bertz CT molecular complexity index is 707. The van der Waals surface area contributed by atoms with E-state index in [2.05, 4.69) is 12.0 Å². The largest absolute Gasteiger partial charge is 0.288 e. The van der Waals surface area contributed by atoms with E-state index in [4.69, 9.17) is 11.6 Å². The maximum Gasteiger partial charge on any atom is 0.227 e. The Balaban J connectivity index is 2.62. The maximum absolute atomic E-state index is 11.8. The number of para-hydroxylation sites is 1. The molecule has 0 radical (unpaired) electrons. The van der Waals surface area contributed by atoms with Crippen LogP contribution in [0.15, 0.2) is 35.1 Å². The molecule has 0 spiro atoms. The van der Waals surface area contributed by atoms with Crippen LogP contribution in [-0.2, 0) is 17.6 Å². The van der Waals surface area contributed by atoms with Crippen molar-refractivity contribution < 1.29 is 4.79 Å². The van der Waals surface area contributed by atoms with E-state index in [1.54, 1.807) is 4.68 Å². The number of benzene rings is 1. The second kappa shape index (κ2) is 6.01. The number of rotatable bonds is 4. The fourth-order valence-corrected chi connectivity index (χ4v) is 2.22. The molecular weight excluding hydrogens is 276 g/mol. The monoisotopic (exact) mass is 290 g/mol. The van der Waals surface area contributed by atoms with E-state index in [1.807, 2.05) is 31.2 Å². The number of hydrogen-bond donors (Lipinski definition) is 0. The summed E-state index contributed by atoms with van der Waals surface area (Å²) in [6.07, 6.45) is 0.697. The van der Waals surface area contributed by atoms with Crippen LogP contribution in [0.3, 0.4) is 0 Å². The number of aryl methyl sites for hydroxylation is 2. The second-order valence-electron chi connectivity index (χ2n) is 4.52. The first-order chi connectivity index (χ1) is 9.52. The quantitative estimate of drug-likeness (QED) is 0.813. The van der Waals surface area contributed by atoms with Gasteiger partial charge in [0.2, 0.25) is 10.7 Å². The van der Waals surface area contributed by atoms with E-state index in [0.29, 0.717) is 0 Å².